The summed E-state index contributed by atoms with van der Waals surface area (Å²) in [6.07, 6.45) is 4.93. The highest BCUT2D eigenvalue weighted by Gasteiger charge is 2.37. The van der Waals surface area contributed by atoms with E-state index in [1.54, 1.807) is 7.11 Å². The zero-order chi connectivity index (χ0) is 10.0. The number of hydroxylamine groups is 2. The van der Waals surface area contributed by atoms with Crippen molar-refractivity contribution in [3.63, 3.8) is 0 Å². The summed E-state index contributed by atoms with van der Waals surface area (Å²) in [5, 5.41) is 9.18. The van der Waals surface area contributed by atoms with Gasteiger partial charge in [0, 0.05) is 19.1 Å². The molecule has 4 heteroatoms. The maximum Gasteiger partial charge on any atom is 0.0713 e. The summed E-state index contributed by atoms with van der Waals surface area (Å²) in [6, 6.07) is 0.761. The fourth-order valence-corrected chi connectivity index (χ4v) is 2.14. The molecule has 1 saturated heterocycles. The van der Waals surface area contributed by atoms with Gasteiger partial charge in [0.2, 0.25) is 0 Å². The van der Waals surface area contributed by atoms with Gasteiger partial charge in [-0.25, -0.2) is 0 Å². The van der Waals surface area contributed by atoms with Crippen molar-refractivity contribution in [3.05, 3.63) is 0 Å². The van der Waals surface area contributed by atoms with Gasteiger partial charge in [0.15, 0.2) is 0 Å². The van der Waals surface area contributed by atoms with E-state index in [0.29, 0.717) is 0 Å². The van der Waals surface area contributed by atoms with Gasteiger partial charge in [0.25, 0.3) is 0 Å². The first-order valence-electron chi connectivity index (χ1n) is 5.54. The van der Waals surface area contributed by atoms with Crippen LogP contribution in [0.5, 0.6) is 0 Å². The second-order valence-electron chi connectivity index (χ2n) is 4.36. The van der Waals surface area contributed by atoms with E-state index in [1.165, 1.54) is 12.8 Å². The summed E-state index contributed by atoms with van der Waals surface area (Å²) in [5.74, 6) is 0. The molecule has 4 nitrogen and oxygen atoms in total. The van der Waals surface area contributed by atoms with Crippen molar-refractivity contribution in [2.24, 2.45) is 0 Å². The van der Waals surface area contributed by atoms with Crippen LogP contribution < -0.4 is 10.6 Å². The Morgan fingerprint density at radius 1 is 1.29 bits per heavy atom. The fraction of sp³-hybridized carbons (Fsp3) is 1.00. The van der Waals surface area contributed by atoms with Gasteiger partial charge in [-0.1, -0.05) is 0 Å². The Morgan fingerprint density at radius 3 is 2.36 bits per heavy atom. The zero-order valence-electron chi connectivity index (χ0n) is 9.18. The van der Waals surface area contributed by atoms with Gasteiger partial charge in [-0.3, -0.25) is 5.32 Å². The highest BCUT2D eigenvalue weighted by atomic mass is 16.7. The molecule has 0 unspecified atom stereocenters. The zero-order valence-corrected chi connectivity index (χ0v) is 9.18. The molecular weight excluding hydrogens is 178 g/mol. The molecule has 0 radical (unpaired) electrons. The highest BCUT2D eigenvalue weighted by molar-refractivity contribution is 4.95. The van der Waals surface area contributed by atoms with Crippen LogP contribution in [0.15, 0.2) is 0 Å². The maximum absolute atomic E-state index is 5.23. The summed E-state index contributed by atoms with van der Waals surface area (Å²) in [4.78, 5) is 5.23. The molecule has 0 spiro atoms. The van der Waals surface area contributed by atoms with Crippen LogP contribution in [0.1, 0.15) is 25.7 Å². The minimum Gasteiger partial charge on any atom is -0.302 e. The number of nitrogens with zero attached hydrogens (tertiary/aromatic N) is 1. The molecule has 0 atom stereocenters. The fourth-order valence-electron chi connectivity index (χ4n) is 2.14. The molecule has 0 aromatic rings. The van der Waals surface area contributed by atoms with Crippen molar-refractivity contribution in [1.29, 1.82) is 0 Å². The van der Waals surface area contributed by atoms with Gasteiger partial charge >= 0.3 is 0 Å². The van der Waals surface area contributed by atoms with E-state index in [9.17, 15) is 0 Å². The molecule has 1 saturated carbocycles. The van der Waals surface area contributed by atoms with Crippen LogP contribution in [0.3, 0.4) is 0 Å². The number of rotatable bonds is 4. The van der Waals surface area contributed by atoms with E-state index in [-0.39, 0.29) is 5.66 Å². The number of hydrogen-bond acceptors (Lipinski definition) is 4. The molecule has 1 aliphatic carbocycles. The Hall–Kier alpha value is -0.160. The molecule has 2 N–H and O–H groups in total. The predicted octanol–water partition coefficient (Wildman–Crippen LogP) is 0.311. The van der Waals surface area contributed by atoms with Crippen molar-refractivity contribution in [1.82, 2.24) is 15.7 Å². The monoisotopic (exact) mass is 199 g/mol. The summed E-state index contributed by atoms with van der Waals surface area (Å²) in [6.45, 7) is 2.02. The summed E-state index contributed by atoms with van der Waals surface area (Å²) in [5.41, 5.74) is 0.163. The second kappa shape index (κ2) is 4.14. The lowest BCUT2D eigenvalue weighted by Gasteiger charge is -2.41. The van der Waals surface area contributed by atoms with Crippen LogP contribution in [0.4, 0.5) is 0 Å². The normalized spacial score (nSPS) is 27.9. The lowest BCUT2D eigenvalue weighted by Crippen LogP contribution is -2.61. The van der Waals surface area contributed by atoms with E-state index < -0.39 is 0 Å². The van der Waals surface area contributed by atoms with E-state index in [4.69, 9.17) is 4.84 Å². The quantitative estimate of drug-likeness (QED) is 0.639. The van der Waals surface area contributed by atoms with Crippen molar-refractivity contribution in [2.75, 3.05) is 27.2 Å². The third kappa shape index (κ3) is 2.25. The third-order valence-corrected chi connectivity index (χ3v) is 3.37. The van der Waals surface area contributed by atoms with Crippen LogP contribution in [-0.4, -0.2) is 44.0 Å². The minimum atomic E-state index is 0.163. The Labute approximate surface area is 85.9 Å². The molecule has 14 heavy (non-hydrogen) atoms. The first-order chi connectivity index (χ1) is 6.78. The minimum absolute atomic E-state index is 0.163. The van der Waals surface area contributed by atoms with Crippen molar-refractivity contribution in [2.45, 2.75) is 37.4 Å². The Bertz CT molecular complexity index is 186. The molecule has 2 rings (SSSR count). The second-order valence-corrected chi connectivity index (χ2v) is 4.36. The van der Waals surface area contributed by atoms with Crippen LogP contribution in [0, 0.1) is 0 Å². The topological polar surface area (TPSA) is 36.5 Å². The molecule has 0 amide bonds. The summed E-state index contributed by atoms with van der Waals surface area (Å²) in [7, 11) is 3.80. The van der Waals surface area contributed by atoms with Crippen LogP contribution >= 0.6 is 0 Å². The largest absolute Gasteiger partial charge is 0.302 e. The molecule has 2 fully saturated rings. The number of hydrogen-bond donors (Lipinski definition) is 2. The molecule has 82 valence electrons. The lowest BCUT2D eigenvalue weighted by molar-refractivity contribution is -0.154. The average Bonchev–Trinajstić information content (AvgIpc) is 3.03. The number of nitrogens with one attached hydrogen (secondary N) is 2. The Balaban J connectivity index is 1.86. The predicted molar refractivity (Wildman–Crippen MR) is 55.8 cm³/mol. The average molecular weight is 199 g/mol. The third-order valence-electron chi connectivity index (χ3n) is 3.37. The first kappa shape index (κ1) is 10.4. The lowest BCUT2D eigenvalue weighted by atomic mass is 9.98. The van der Waals surface area contributed by atoms with E-state index in [2.05, 4.69) is 17.7 Å². The molecule has 0 aromatic heterocycles. The van der Waals surface area contributed by atoms with Crippen LogP contribution in [0.25, 0.3) is 0 Å². The molecule has 0 aromatic carbocycles. The van der Waals surface area contributed by atoms with Gasteiger partial charge in [-0.15, -0.1) is 0 Å². The van der Waals surface area contributed by atoms with Crippen LogP contribution in [-0.2, 0) is 4.84 Å². The number of piperidine rings is 1. The molecule has 0 bridgehead atoms. The van der Waals surface area contributed by atoms with Crippen molar-refractivity contribution >= 4 is 0 Å². The molecule has 1 heterocycles. The van der Waals surface area contributed by atoms with Crippen LogP contribution in [0.2, 0.25) is 0 Å². The molecule has 2 aliphatic rings. The van der Waals surface area contributed by atoms with Gasteiger partial charge in [0.1, 0.15) is 0 Å². The Morgan fingerprint density at radius 2 is 1.93 bits per heavy atom. The molecular formula is C10H21N3O. The standard InChI is InChI=1S/C10H21N3O/c1-11-10(12-9-3-4-9)5-7-13(14-2)8-6-10/h9,11-12H,3-8H2,1-2H3. The SMILES string of the molecule is CNC1(NC2CC2)CCN(OC)CC1. The highest BCUT2D eigenvalue weighted by Crippen LogP contribution is 2.26. The molecule has 1 aliphatic heterocycles. The smallest absolute Gasteiger partial charge is 0.0713 e. The van der Waals surface area contributed by atoms with E-state index in [0.717, 1.165) is 32.0 Å². The van der Waals surface area contributed by atoms with Crippen molar-refractivity contribution in [3.8, 4) is 0 Å². The van der Waals surface area contributed by atoms with E-state index >= 15 is 0 Å². The van der Waals surface area contributed by atoms with Gasteiger partial charge in [0.05, 0.1) is 12.8 Å². The maximum atomic E-state index is 5.23. The Kier molecular flexibility index (Phi) is 3.07. The summed E-state index contributed by atoms with van der Waals surface area (Å²) >= 11 is 0. The van der Waals surface area contributed by atoms with Gasteiger partial charge < -0.3 is 10.2 Å². The van der Waals surface area contributed by atoms with E-state index in [1.807, 2.05) is 5.06 Å². The summed E-state index contributed by atoms with van der Waals surface area (Å²) < 4.78 is 0. The van der Waals surface area contributed by atoms with Crippen molar-refractivity contribution < 1.29 is 4.84 Å². The van der Waals surface area contributed by atoms with Gasteiger partial charge in [-0.05, 0) is 32.7 Å². The van der Waals surface area contributed by atoms with Gasteiger partial charge in [-0.2, -0.15) is 5.06 Å². The first-order valence-corrected chi connectivity index (χ1v) is 5.54.